The van der Waals surface area contributed by atoms with E-state index in [1.807, 2.05) is 31.2 Å². The summed E-state index contributed by atoms with van der Waals surface area (Å²) in [4.78, 5) is 24.4. The Balaban J connectivity index is 2.11. The second kappa shape index (κ2) is 8.48. The third-order valence-electron chi connectivity index (χ3n) is 4.27. The highest BCUT2D eigenvalue weighted by molar-refractivity contribution is 5.77. The summed E-state index contributed by atoms with van der Waals surface area (Å²) in [6.07, 6.45) is 5.27. The van der Waals surface area contributed by atoms with Crippen LogP contribution in [-0.4, -0.2) is 18.0 Å². The molecule has 0 bridgehead atoms. The van der Waals surface area contributed by atoms with Gasteiger partial charge in [-0.2, -0.15) is 0 Å². The smallest absolute Gasteiger partial charge is 0.309 e. The SMILES string of the molecule is C=CCCC(=O)NC1c2ccccc2CC1OC(=O)[C@H](C)CC=C. The van der Waals surface area contributed by atoms with E-state index in [1.54, 1.807) is 12.2 Å². The minimum atomic E-state index is -0.366. The maximum absolute atomic E-state index is 12.2. The van der Waals surface area contributed by atoms with Crippen molar-refractivity contribution in [3.63, 3.8) is 0 Å². The lowest BCUT2D eigenvalue weighted by atomic mass is 10.1. The van der Waals surface area contributed by atoms with Crippen LogP contribution in [0.1, 0.15) is 43.4 Å². The highest BCUT2D eigenvalue weighted by Crippen LogP contribution is 2.34. The van der Waals surface area contributed by atoms with Gasteiger partial charge in [-0.25, -0.2) is 0 Å². The lowest BCUT2D eigenvalue weighted by Gasteiger charge is -2.23. The van der Waals surface area contributed by atoms with Crippen molar-refractivity contribution in [1.82, 2.24) is 5.32 Å². The second-order valence-corrected chi connectivity index (χ2v) is 6.18. The van der Waals surface area contributed by atoms with Crippen LogP contribution in [0.2, 0.25) is 0 Å². The zero-order valence-corrected chi connectivity index (χ0v) is 14.2. The van der Waals surface area contributed by atoms with Gasteiger partial charge in [-0.05, 0) is 24.0 Å². The molecule has 1 amide bonds. The van der Waals surface area contributed by atoms with Crippen LogP contribution in [0.3, 0.4) is 0 Å². The van der Waals surface area contributed by atoms with Crippen molar-refractivity contribution in [2.24, 2.45) is 5.92 Å². The molecule has 2 rings (SSSR count). The van der Waals surface area contributed by atoms with Crippen LogP contribution >= 0.6 is 0 Å². The van der Waals surface area contributed by atoms with Crippen molar-refractivity contribution < 1.29 is 14.3 Å². The maximum Gasteiger partial charge on any atom is 0.309 e. The standard InChI is InChI=1S/C20H25NO3/c1-4-6-12-18(22)21-19-16-11-8-7-10-15(16)13-17(19)24-20(23)14(3)9-5-2/h4-5,7-8,10-11,14,17,19H,1-2,6,9,12-13H2,3H3,(H,21,22)/t14-,17?,19?/m1/s1. The van der Waals surface area contributed by atoms with Crippen LogP contribution in [0.5, 0.6) is 0 Å². The number of esters is 1. The first-order valence-corrected chi connectivity index (χ1v) is 8.36. The number of carbonyl (C=O) groups excluding carboxylic acids is 2. The van der Waals surface area contributed by atoms with Gasteiger partial charge >= 0.3 is 5.97 Å². The normalized spacial score (nSPS) is 19.9. The van der Waals surface area contributed by atoms with Gasteiger partial charge in [0.05, 0.1) is 12.0 Å². The molecular formula is C20H25NO3. The first-order valence-electron chi connectivity index (χ1n) is 8.36. The van der Waals surface area contributed by atoms with Crippen LogP contribution in [0, 0.1) is 5.92 Å². The molecule has 0 heterocycles. The Morgan fingerprint density at radius 2 is 2.08 bits per heavy atom. The van der Waals surface area contributed by atoms with Gasteiger partial charge in [0, 0.05) is 12.8 Å². The van der Waals surface area contributed by atoms with Crippen molar-refractivity contribution in [2.75, 3.05) is 0 Å². The summed E-state index contributed by atoms with van der Waals surface area (Å²) < 4.78 is 5.70. The largest absolute Gasteiger partial charge is 0.459 e. The molecule has 0 radical (unpaired) electrons. The molecular weight excluding hydrogens is 302 g/mol. The number of nitrogens with one attached hydrogen (secondary N) is 1. The summed E-state index contributed by atoms with van der Waals surface area (Å²) >= 11 is 0. The van der Waals surface area contributed by atoms with Gasteiger partial charge in [-0.1, -0.05) is 43.3 Å². The molecule has 24 heavy (non-hydrogen) atoms. The minimum absolute atomic E-state index is 0.0585. The number of rotatable bonds is 8. The molecule has 0 saturated carbocycles. The lowest BCUT2D eigenvalue weighted by molar-refractivity contribution is -0.155. The number of ether oxygens (including phenoxy) is 1. The van der Waals surface area contributed by atoms with E-state index >= 15 is 0 Å². The fraction of sp³-hybridized carbons (Fsp3) is 0.400. The molecule has 1 aromatic rings. The Labute approximate surface area is 143 Å². The number of amides is 1. The Kier molecular flexibility index (Phi) is 6.36. The summed E-state index contributed by atoms with van der Waals surface area (Å²) in [6, 6.07) is 7.60. The molecule has 0 aromatic heterocycles. The molecule has 1 aliphatic rings. The van der Waals surface area contributed by atoms with E-state index in [2.05, 4.69) is 18.5 Å². The van der Waals surface area contributed by atoms with Crippen LogP contribution in [0.25, 0.3) is 0 Å². The topological polar surface area (TPSA) is 55.4 Å². The fourth-order valence-corrected chi connectivity index (χ4v) is 2.93. The third kappa shape index (κ3) is 4.34. The first kappa shape index (κ1) is 18.0. The van der Waals surface area contributed by atoms with Crippen LogP contribution < -0.4 is 5.32 Å². The quantitative estimate of drug-likeness (QED) is 0.587. The van der Waals surface area contributed by atoms with Gasteiger partial charge in [-0.15, -0.1) is 13.2 Å². The minimum Gasteiger partial charge on any atom is -0.459 e. The molecule has 128 valence electrons. The number of hydrogen-bond donors (Lipinski definition) is 1. The molecule has 3 atom stereocenters. The van der Waals surface area contributed by atoms with Gasteiger partial charge in [0.15, 0.2) is 0 Å². The lowest BCUT2D eigenvalue weighted by Crippen LogP contribution is -2.37. The van der Waals surface area contributed by atoms with Crippen LogP contribution in [0.15, 0.2) is 49.6 Å². The summed E-state index contributed by atoms with van der Waals surface area (Å²) in [5, 5.41) is 3.01. The van der Waals surface area contributed by atoms with E-state index in [9.17, 15) is 9.59 Å². The monoisotopic (exact) mass is 327 g/mol. The predicted molar refractivity (Wildman–Crippen MR) is 94.3 cm³/mol. The number of hydrogen-bond acceptors (Lipinski definition) is 3. The van der Waals surface area contributed by atoms with Gasteiger partial charge in [0.1, 0.15) is 6.10 Å². The number of fused-ring (bicyclic) bond motifs is 1. The summed E-state index contributed by atoms with van der Waals surface area (Å²) in [6.45, 7) is 9.11. The third-order valence-corrected chi connectivity index (χ3v) is 4.27. The molecule has 1 N–H and O–H groups in total. The first-order chi connectivity index (χ1) is 11.6. The van der Waals surface area contributed by atoms with Gasteiger partial charge in [-0.3, -0.25) is 9.59 Å². The average molecular weight is 327 g/mol. The number of allylic oxidation sites excluding steroid dienone is 2. The molecule has 1 aliphatic carbocycles. The molecule has 1 aromatic carbocycles. The van der Waals surface area contributed by atoms with E-state index in [1.165, 1.54) is 0 Å². The van der Waals surface area contributed by atoms with E-state index in [0.717, 1.165) is 11.1 Å². The summed E-state index contributed by atoms with van der Waals surface area (Å²) in [5.74, 6) is -0.543. The molecule has 4 nitrogen and oxygen atoms in total. The van der Waals surface area contributed by atoms with E-state index in [0.29, 0.717) is 25.7 Å². The van der Waals surface area contributed by atoms with Gasteiger partial charge in [0.25, 0.3) is 0 Å². The number of carbonyl (C=O) groups is 2. The van der Waals surface area contributed by atoms with E-state index < -0.39 is 0 Å². The predicted octanol–water partition coefficient (Wildman–Crippen LogP) is 3.49. The van der Waals surface area contributed by atoms with Crippen LogP contribution in [0.4, 0.5) is 0 Å². The molecule has 2 unspecified atom stereocenters. The summed E-state index contributed by atoms with van der Waals surface area (Å²) in [7, 11) is 0. The Hall–Kier alpha value is -2.36. The zero-order valence-electron chi connectivity index (χ0n) is 14.2. The zero-order chi connectivity index (χ0) is 17.5. The van der Waals surface area contributed by atoms with Gasteiger partial charge < -0.3 is 10.1 Å². The Morgan fingerprint density at radius 3 is 2.79 bits per heavy atom. The molecule has 4 heteroatoms. The number of benzene rings is 1. The fourth-order valence-electron chi connectivity index (χ4n) is 2.93. The molecule has 0 spiro atoms. The second-order valence-electron chi connectivity index (χ2n) is 6.18. The highest BCUT2D eigenvalue weighted by Gasteiger charge is 2.36. The Morgan fingerprint density at radius 1 is 1.33 bits per heavy atom. The van der Waals surface area contributed by atoms with Crippen molar-refractivity contribution in [1.29, 1.82) is 0 Å². The molecule has 0 saturated heterocycles. The van der Waals surface area contributed by atoms with Crippen molar-refractivity contribution in [3.05, 3.63) is 60.7 Å². The van der Waals surface area contributed by atoms with Crippen molar-refractivity contribution in [2.45, 2.75) is 44.8 Å². The van der Waals surface area contributed by atoms with E-state index in [-0.39, 0.29) is 29.9 Å². The summed E-state index contributed by atoms with van der Waals surface area (Å²) in [5.41, 5.74) is 2.14. The Bertz CT molecular complexity index is 623. The maximum atomic E-state index is 12.2. The van der Waals surface area contributed by atoms with Crippen molar-refractivity contribution >= 4 is 11.9 Å². The van der Waals surface area contributed by atoms with Gasteiger partial charge in [0.2, 0.25) is 5.91 Å². The average Bonchev–Trinajstić information content (AvgIpc) is 2.90. The molecule has 0 aliphatic heterocycles. The highest BCUT2D eigenvalue weighted by atomic mass is 16.5. The van der Waals surface area contributed by atoms with Crippen molar-refractivity contribution in [3.8, 4) is 0 Å². The van der Waals surface area contributed by atoms with E-state index in [4.69, 9.17) is 4.74 Å². The molecule has 0 fully saturated rings. The van der Waals surface area contributed by atoms with Crippen LogP contribution in [-0.2, 0) is 20.7 Å².